The molecule has 1 rings (SSSR count). The Kier molecular flexibility index (Phi) is 5.22. The standard InChI is InChI=1S/C14H18F3NO3/c1-13(2,3)11(19)8-18-12(20)9-5-4-6-10(7-9)21-14(15,16)17/h4-7,11,19H,8H2,1-3H3,(H,18,20). The van der Waals surface area contributed by atoms with Gasteiger partial charge < -0.3 is 15.2 Å². The summed E-state index contributed by atoms with van der Waals surface area (Å²) >= 11 is 0. The molecule has 4 nitrogen and oxygen atoms in total. The van der Waals surface area contributed by atoms with Crippen LogP contribution in [-0.4, -0.2) is 30.0 Å². The van der Waals surface area contributed by atoms with Crippen molar-refractivity contribution in [2.75, 3.05) is 6.54 Å². The fraction of sp³-hybridized carbons (Fsp3) is 0.500. The molecule has 1 amide bonds. The molecule has 0 aliphatic heterocycles. The van der Waals surface area contributed by atoms with Gasteiger partial charge in [0.15, 0.2) is 0 Å². The largest absolute Gasteiger partial charge is 0.573 e. The first-order valence-electron chi connectivity index (χ1n) is 6.31. The first-order chi connectivity index (χ1) is 9.49. The number of hydrogen-bond acceptors (Lipinski definition) is 3. The van der Waals surface area contributed by atoms with Crippen LogP contribution in [0.4, 0.5) is 13.2 Å². The van der Waals surface area contributed by atoms with Crippen molar-refractivity contribution in [2.24, 2.45) is 5.41 Å². The van der Waals surface area contributed by atoms with Crippen LogP contribution in [0.1, 0.15) is 31.1 Å². The fourth-order valence-electron chi connectivity index (χ4n) is 1.43. The Bertz CT molecular complexity index is 495. The molecule has 0 bridgehead atoms. The monoisotopic (exact) mass is 305 g/mol. The van der Waals surface area contributed by atoms with Gasteiger partial charge in [-0.2, -0.15) is 0 Å². The highest BCUT2D eigenvalue weighted by Gasteiger charge is 2.31. The molecule has 0 aliphatic carbocycles. The number of hydrogen-bond donors (Lipinski definition) is 2. The zero-order valence-electron chi connectivity index (χ0n) is 12.0. The van der Waals surface area contributed by atoms with Gasteiger partial charge in [0.25, 0.3) is 5.91 Å². The molecule has 118 valence electrons. The van der Waals surface area contributed by atoms with E-state index in [2.05, 4.69) is 10.1 Å². The van der Waals surface area contributed by atoms with Crippen LogP contribution in [-0.2, 0) is 0 Å². The Labute approximate surface area is 120 Å². The van der Waals surface area contributed by atoms with Crippen LogP contribution < -0.4 is 10.1 Å². The van der Waals surface area contributed by atoms with Crippen LogP contribution in [0.5, 0.6) is 5.75 Å². The van der Waals surface area contributed by atoms with Crippen molar-refractivity contribution >= 4 is 5.91 Å². The lowest BCUT2D eigenvalue weighted by Gasteiger charge is -2.25. The van der Waals surface area contributed by atoms with Crippen LogP contribution in [0.2, 0.25) is 0 Å². The minimum Gasteiger partial charge on any atom is -0.406 e. The maximum Gasteiger partial charge on any atom is 0.573 e. The van der Waals surface area contributed by atoms with Crippen molar-refractivity contribution in [3.05, 3.63) is 29.8 Å². The number of alkyl halides is 3. The van der Waals surface area contributed by atoms with Gasteiger partial charge in [0.05, 0.1) is 6.10 Å². The Morgan fingerprint density at radius 1 is 1.33 bits per heavy atom. The molecule has 1 aromatic rings. The van der Waals surface area contributed by atoms with Gasteiger partial charge in [-0.1, -0.05) is 26.8 Å². The normalized spacial score (nSPS) is 13.7. The van der Waals surface area contributed by atoms with Gasteiger partial charge in [-0.25, -0.2) is 0 Å². The highest BCUT2D eigenvalue weighted by atomic mass is 19.4. The second-order valence-electron chi connectivity index (χ2n) is 5.67. The van der Waals surface area contributed by atoms with Gasteiger partial charge in [0.1, 0.15) is 5.75 Å². The summed E-state index contributed by atoms with van der Waals surface area (Å²) in [5.74, 6) is -1.04. The Balaban J connectivity index is 2.69. The third kappa shape index (κ3) is 6.03. The van der Waals surface area contributed by atoms with Crippen molar-refractivity contribution < 1.29 is 27.8 Å². The third-order valence-electron chi connectivity index (χ3n) is 2.79. The topological polar surface area (TPSA) is 58.6 Å². The highest BCUT2D eigenvalue weighted by molar-refractivity contribution is 5.94. The Morgan fingerprint density at radius 3 is 2.48 bits per heavy atom. The van der Waals surface area contributed by atoms with Gasteiger partial charge in [-0.3, -0.25) is 4.79 Å². The predicted octanol–water partition coefficient (Wildman–Crippen LogP) is 2.72. The zero-order chi connectivity index (χ0) is 16.3. The van der Waals surface area contributed by atoms with E-state index in [0.717, 1.165) is 12.1 Å². The number of carbonyl (C=O) groups is 1. The summed E-state index contributed by atoms with van der Waals surface area (Å²) in [4.78, 5) is 11.8. The molecule has 1 unspecified atom stereocenters. The lowest BCUT2D eigenvalue weighted by Crippen LogP contribution is -2.39. The first kappa shape index (κ1) is 17.3. The highest BCUT2D eigenvalue weighted by Crippen LogP contribution is 2.23. The molecule has 0 saturated heterocycles. The van der Waals surface area contributed by atoms with Crippen LogP contribution in [0, 0.1) is 5.41 Å². The number of halogens is 3. The Hall–Kier alpha value is -1.76. The minimum atomic E-state index is -4.81. The van der Waals surface area contributed by atoms with Crippen LogP contribution >= 0.6 is 0 Å². The first-order valence-corrected chi connectivity index (χ1v) is 6.31. The molecule has 0 heterocycles. The lowest BCUT2D eigenvalue weighted by atomic mass is 9.89. The molecule has 1 aromatic carbocycles. The summed E-state index contributed by atoms with van der Waals surface area (Å²) < 4.78 is 40.1. The maximum absolute atomic E-state index is 12.1. The van der Waals surface area contributed by atoms with E-state index >= 15 is 0 Å². The van der Waals surface area contributed by atoms with E-state index in [-0.39, 0.29) is 12.1 Å². The summed E-state index contributed by atoms with van der Waals surface area (Å²) in [6, 6.07) is 4.75. The summed E-state index contributed by atoms with van der Waals surface area (Å²) in [5.41, 5.74) is -0.382. The molecule has 0 aromatic heterocycles. The smallest absolute Gasteiger partial charge is 0.406 e. The molecule has 0 spiro atoms. The van der Waals surface area contributed by atoms with E-state index in [4.69, 9.17) is 0 Å². The van der Waals surface area contributed by atoms with Crippen molar-refractivity contribution in [3.8, 4) is 5.75 Å². The van der Waals surface area contributed by atoms with Gasteiger partial charge in [-0.05, 0) is 23.6 Å². The van der Waals surface area contributed by atoms with E-state index in [9.17, 15) is 23.1 Å². The number of aliphatic hydroxyl groups excluding tert-OH is 1. The summed E-state index contributed by atoms with van der Waals surface area (Å²) in [6.45, 7) is 5.43. The number of amides is 1. The van der Waals surface area contributed by atoms with Crippen molar-refractivity contribution in [2.45, 2.75) is 33.2 Å². The van der Waals surface area contributed by atoms with E-state index < -0.39 is 29.5 Å². The van der Waals surface area contributed by atoms with E-state index in [1.807, 2.05) is 20.8 Å². The van der Waals surface area contributed by atoms with Crippen LogP contribution in [0.15, 0.2) is 24.3 Å². The SMILES string of the molecule is CC(C)(C)C(O)CNC(=O)c1cccc(OC(F)(F)F)c1. The second kappa shape index (κ2) is 6.34. The number of rotatable bonds is 4. The molecule has 1 atom stereocenters. The van der Waals surface area contributed by atoms with E-state index in [1.165, 1.54) is 12.1 Å². The number of nitrogens with one attached hydrogen (secondary N) is 1. The summed E-state index contributed by atoms with van der Waals surface area (Å²) in [7, 11) is 0. The van der Waals surface area contributed by atoms with Gasteiger partial charge in [0, 0.05) is 12.1 Å². The van der Waals surface area contributed by atoms with Crippen molar-refractivity contribution in [3.63, 3.8) is 0 Å². The number of benzene rings is 1. The number of aliphatic hydroxyl groups is 1. The van der Waals surface area contributed by atoms with Crippen molar-refractivity contribution in [1.82, 2.24) is 5.32 Å². The molecule has 0 saturated carbocycles. The number of carbonyl (C=O) groups excluding carboxylic acids is 1. The minimum absolute atomic E-state index is 0.00664. The lowest BCUT2D eigenvalue weighted by molar-refractivity contribution is -0.274. The van der Waals surface area contributed by atoms with E-state index in [0.29, 0.717) is 0 Å². The molecule has 0 fully saturated rings. The van der Waals surface area contributed by atoms with Crippen LogP contribution in [0.25, 0.3) is 0 Å². The third-order valence-corrected chi connectivity index (χ3v) is 2.79. The molecule has 0 radical (unpaired) electrons. The van der Waals surface area contributed by atoms with Crippen molar-refractivity contribution in [1.29, 1.82) is 0 Å². The molecular formula is C14H18F3NO3. The van der Waals surface area contributed by atoms with E-state index in [1.54, 1.807) is 0 Å². The summed E-state index contributed by atoms with van der Waals surface area (Å²) in [6.07, 6.45) is -5.58. The quantitative estimate of drug-likeness (QED) is 0.899. The van der Waals surface area contributed by atoms with Crippen LogP contribution in [0.3, 0.4) is 0 Å². The maximum atomic E-state index is 12.1. The predicted molar refractivity (Wildman–Crippen MR) is 70.9 cm³/mol. The molecular weight excluding hydrogens is 287 g/mol. The second-order valence-corrected chi connectivity index (χ2v) is 5.67. The van der Waals surface area contributed by atoms with Gasteiger partial charge >= 0.3 is 6.36 Å². The average molecular weight is 305 g/mol. The fourth-order valence-corrected chi connectivity index (χ4v) is 1.43. The summed E-state index contributed by atoms with van der Waals surface area (Å²) in [5, 5.41) is 12.3. The molecule has 2 N–H and O–H groups in total. The van der Waals surface area contributed by atoms with Gasteiger partial charge in [0.2, 0.25) is 0 Å². The average Bonchev–Trinajstić information content (AvgIpc) is 2.32. The Morgan fingerprint density at radius 2 is 1.95 bits per heavy atom. The molecule has 0 aliphatic rings. The van der Waals surface area contributed by atoms with Gasteiger partial charge in [-0.15, -0.1) is 13.2 Å². The zero-order valence-corrected chi connectivity index (χ0v) is 12.0. The molecule has 7 heteroatoms. The molecule has 21 heavy (non-hydrogen) atoms. The number of ether oxygens (including phenoxy) is 1.